The van der Waals surface area contributed by atoms with E-state index in [1.165, 1.54) is 14.0 Å². The highest BCUT2D eigenvalue weighted by atomic mass is 127. The molecular formula is C26H27IN2OS. The van der Waals surface area contributed by atoms with Crippen LogP contribution in [-0.4, -0.2) is 12.1 Å². The van der Waals surface area contributed by atoms with Crippen molar-refractivity contribution in [1.29, 1.82) is 0 Å². The summed E-state index contributed by atoms with van der Waals surface area (Å²) in [6.45, 7) is 6.94. The van der Waals surface area contributed by atoms with Gasteiger partial charge >= 0.3 is 0 Å². The molecule has 1 aliphatic carbocycles. The number of hydrogen-bond acceptors (Lipinski definition) is 3. The molecule has 0 saturated carbocycles. The number of anilines is 1. The Balaban J connectivity index is 1.70. The lowest BCUT2D eigenvalue weighted by Gasteiger charge is -2.33. The number of fused-ring (bicyclic) bond motifs is 1. The van der Waals surface area contributed by atoms with Crippen LogP contribution in [0.4, 0.5) is 10.7 Å². The molecule has 5 heteroatoms. The summed E-state index contributed by atoms with van der Waals surface area (Å²) in [7, 11) is 0. The maximum atomic E-state index is 13.3. The minimum Gasteiger partial charge on any atom is -0.322 e. The molecule has 3 nitrogen and oxygen atoms in total. The fraction of sp³-hybridized carbons (Fsp3) is 0.308. The standard InChI is InChI=1S/C26H27IN2OS/c1-26(2,3)18-12-13-21-22(15-18)31-25(28-16-17-8-7-9-19(27)14-17)23(21)24(30)29-20-10-5-4-6-11-20/h4-11,14,16,18H,12-13,15H2,1-3H3,(H,29,30)/t18-/m0/s1. The van der Waals surface area contributed by atoms with E-state index in [1.807, 2.05) is 48.7 Å². The number of hydrogen-bond donors (Lipinski definition) is 1. The summed E-state index contributed by atoms with van der Waals surface area (Å²) in [6, 6.07) is 17.9. The summed E-state index contributed by atoms with van der Waals surface area (Å²) in [4.78, 5) is 19.5. The van der Waals surface area contributed by atoms with Gasteiger partial charge in [-0.2, -0.15) is 0 Å². The molecule has 0 spiro atoms. The van der Waals surface area contributed by atoms with Crippen molar-refractivity contribution in [3.8, 4) is 0 Å². The highest BCUT2D eigenvalue weighted by Crippen LogP contribution is 2.45. The molecule has 4 rings (SSSR count). The van der Waals surface area contributed by atoms with Gasteiger partial charge in [-0.3, -0.25) is 4.79 Å². The minimum absolute atomic E-state index is 0.0623. The number of rotatable bonds is 4. The van der Waals surface area contributed by atoms with Gasteiger partial charge in [0.2, 0.25) is 0 Å². The van der Waals surface area contributed by atoms with Gasteiger partial charge in [0.25, 0.3) is 5.91 Å². The fourth-order valence-electron chi connectivity index (χ4n) is 4.07. The Bertz CT molecular complexity index is 1110. The molecule has 1 heterocycles. The van der Waals surface area contributed by atoms with Crippen LogP contribution in [-0.2, 0) is 12.8 Å². The molecule has 1 N–H and O–H groups in total. The maximum Gasteiger partial charge on any atom is 0.259 e. The van der Waals surface area contributed by atoms with Crippen molar-refractivity contribution in [2.24, 2.45) is 16.3 Å². The molecule has 0 bridgehead atoms. The fourth-order valence-corrected chi connectivity index (χ4v) is 5.91. The molecule has 1 aliphatic rings. The number of carbonyl (C=O) groups excluding carboxylic acids is 1. The van der Waals surface area contributed by atoms with E-state index in [1.54, 1.807) is 11.3 Å². The van der Waals surface area contributed by atoms with Crippen molar-refractivity contribution in [1.82, 2.24) is 0 Å². The normalized spacial score (nSPS) is 16.3. The van der Waals surface area contributed by atoms with Gasteiger partial charge in [-0.05, 0) is 88.6 Å². The van der Waals surface area contributed by atoms with Crippen molar-refractivity contribution >= 4 is 56.7 Å². The number of aliphatic imine (C=N–C) groups is 1. The van der Waals surface area contributed by atoms with Crippen LogP contribution >= 0.6 is 33.9 Å². The van der Waals surface area contributed by atoms with Crippen LogP contribution in [0.2, 0.25) is 0 Å². The lowest BCUT2D eigenvalue weighted by Crippen LogP contribution is -2.27. The van der Waals surface area contributed by atoms with Crippen LogP contribution in [0.5, 0.6) is 0 Å². The molecule has 0 unspecified atom stereocenters. The molecule has 0 aliphatic heterocycles. The summed E-state index contributed by atoms with van der Waals surface area (Å²) >= 11 is 3.99. The Morgan fingerprint density at radius 2 is 1.94 bits per heavy atom. The molecule has 160 valence electrons. The van der Waals surface area contributed by atoms with Crippen LogP contribution in [0.15, 0.2) is 59.6 Å². The van der Waals surface area contributed by atoms with Crippen LogP contribution in [0, 0.1) is 14.9 Å². The Morgan fingerprint density at radius 3 is 2.65 bits per heavy atom. The zero-order valence-electron chi connectivity index (χ0n) is 18.1. The smallest absolute Gasteiger partial charge is 0.259 e. The van der Waals surface area contributed by atoms with Crippen molar-refractivity contribution in [3.05, 3.63) is 79.7 Å². The highest BCUT2D eigenvalue weighted by molar-refractivity contribution is 14.1. The largest absolute Gasteiger partial charge is 0.322 e. The first-order valence-corrected chi connectivity index (χ1v) is 12.5. The topological polar surface area (TPSA) is 41.5 Å². The molecule has 1 aromatic heterocycles. The second kappa shape index (κ2) is 9.25. The highest BCUT2D eigenvalue weighted by Gasteiger charge is 2.33. The second-order valence-electron chi connectivity index (χ2n) is 9.12. The van der Waals surface area contributed by atoms with Crippen molar-refractivity contribution < 1.29 is 4.79 Å². The first-order chi connectivity index (χ1) is 14.8. The Labute approximate surface area is 202 Å². The number of thiophene rings is 1. The van der Waals surface area contributed by atoms with Gasteiger partial charge in [-0.1, -0.05) is 51.1 Å². The second-order valence-corrected chi connectivity index (χ2v) is 11.5. The molecular weight excluding hydrogens is 515 g/mol. The van der Waals surface area contributed by atoms with E-state index >= 15 is 0 Å². The van der Waals surface area contributed by atoms with Gasteiger partial charge in [0.1, 0.15) is 5.00 Å². The van der Waals surface area contributed by atoms with E-state index in [4.69, 9.17) is 4.99 Å². The molecule has 3 aromatic rings. The molecule has 1 atom stereocenters. The van der Waals surface area contributed by atoms with Crippen molar-refractivity contribution in [3.63, 3.8) is 0 Å². The lowest BCUT2D eigenvalue weighted by molar-refractivity contribution is 0.102. The van der Waals surface area contributed by atoms with Gasteiger partial charge in [0.05, 0.1) is 5.56 Å². The average Bonchev–Trinajstić information content (AvgIpc) is 3.10. The van der Waals surface area contributed by atoms with Crippen molar-refractivity contribution in [2.45, 2.75) is 40.0 Å². The quantitative estimate of drug-likeness (QED) is 0.269. The van der Waals surface area contributed by atoms with Gasteiger partial charge in [0.15, 0.2) is 0 Å². The lowest BCUT2D eigenvalue weighted by atomic mass is 9.72. The first-order valence-electron chi connectivity index (χ1n) is 10.6. The molecule has 31 heavy (non-hydrogen) atoms. The van der Waals surface area contributed by atoms with E-state index in [2.05, 4.69) is 60.8 Å². The van der Waals surface area contributed by atoms with Crippen LogP contribution in [0.3, 0.4) is 0 Å². The monoisotopic (exact) mass is 542 g/mol. The van der Waals surface area contributed by atoms with E-state index in [0.717, 1.165) is 41.1 Å². The van der Waals surface area contributed by atoms with Crippen LogP contribution < -0.4 is 5.32 Å². The van der Waals surface area contributed by atoms with E-state index in [-0.39, 0.29) is 11.3 Å². The zero-order chi connectivity index (χ0) is 22.0. The average molecular weight is 542 g/mol. The van der Waals surface area contributed by atoms with Gasteiger partial charge < -0.3 is 5.32 Å². The summed E-state index contributed by atoms with van der Waals surface area (Å²) in [6.07, 6.45) is 4.94. The first kappa shape index (κ1) is 22.2. The predicted molar refractivity (Wildman–Crippen MR) is 140 cm³/mol. The summed E-state index contributed by atoms with van der Waals surface area (Å²) < 4.78 is 1.17. The van der Waals surface area contributed by atoms with Gasteiger partial charge in [-0.15, -0.1) is 11.3 Å². The van der Waals surface area contributed by atoms with Gasteiger partial charge in [-0.25, -0.2) is 4.99 Å². The number of benzene rings is 2. The number of nitrogens with one attached hydrogen (secondary N) is 1. The number of amides is 1. The predicted octanol–water partition coefficient (Wildman–Crippen LogP) is 7.51. The molecule has 1 amide bonds. The Morgan fingerprint density at radius 1 is 1.16 bits per heavy atom. The summed E-state index contributed by atoms with van der Waals surface area (Å²) in [5, 5.41) is 3.89. The molecule has 0 radical (unpaired) electrons. The Hall–Kier alpha value is -1.99. The van der Waals surface area contributed by atoms with Crippen LogP contribution in [0.25, 0.3) is 0 Å². The van der Waals surface area contributed by atoms with E-state index in [0.29, 0.717) is 5.92 Å². The zero-order valence-corrected chi connectivity index (χ0v) is 21.1. The third kappa shape index (κ3) is 5.26. The number of halogens is 1. The van der Waals surface area contributed by atoms with E-state index in [9.17, 15) is 4.79 Å². The Kier molecular flexibility index (Phi) is 6.63. The maximum absolute atomic E-state index is 13.3. The number of para-hydroxylation sites is 1. The molecule has 2 aromatic carbocycles. The number of carbonyl (C=O) groups is 1. The third-order valence-corrected chi connectivity index (χ3v) is 7.74. The minimum atomic E-state index is -0.0623. The van der Waals surface area contributed by atoms with Crippen LogP contribution in [0.1, 0.15) is 53.6 Å². The third-order valence-electron chi connectivity index (χ3n) is 5.91. The summed E-state index contributed by atoms with van der Waals surface area (Å²) in [5.41, 5.74) is 4.05. The SMILES string of the molecule is CC(C)(C)[C@H]1CCc2c(sc(N=Cc3cccc(I)c3)c2C(=O)Nc2ccccc2)C1. The van der Waals surface area contributed by atoms with Crippen molar-refractivity contribution in [2.75, 3.05) is 5.32 Å². The molecule has 0 saturated heterocycles. The van der Waals surface area contributed by atoms with Gasteiger partial charge in [0, 0.05) is 20.3 Å². The summed E-state index contributed by atoms with van der Waals surface area (Å²) in [5.74, 6) is 0.559. The van der Waals surface area contributed by atoms with E-state index < -0.39 is 0 Å². The number of nitrogens with zero attached hydrogens (tertiary/aromatic N) is 1. The molecule has 0 fully saturated rings.